The molecule has 0 saturated heterocycles. The van der Waals surface area contributed by atoms with Crippen molar-refractivity contribution in [3.8, 4) is 0 Å². The molecule has 0 fully saturated rings. The summed E-state index contributed by atoms with van der Waals surface area (Å²) in [5, 5.41) is 13.9. The molecule has 3 rings (SSSR count). The van der Waals surface area contributed by atoms with Crippen molar-refractivity contribution in [3.63, 3.8) is 0 Å². The Kier molecular flexibility index (Phi) is 5.33. The van der Waals surface area contributed by atoms with E-state index >= 15 is 0 Å². The summed E-state index contributed by atoms with van der Waals surface area (Å²) in [7, 11) is 0. The van der Waals surface area contributed by atoms with Gasteiger partial charge in [-0.1, -0.05) is 25.4 Å². The van der Waals surface area contributed by atoms with Gasteiger partial charge in [-0.2, -0.15) is 0 Å². The van der Waals surface area contributed by atoms with E-state index in [1.807, 2.05) is 11.4 Å². The maximum atomic E-state index is 12.8. The number of H-pyrrole nitrogens is 1. The third-order valence-electron chi connectivity index (χ3n) is 4.13. The smallest absolute Gasteiger partial charge is 0.211 e. The molecule has 128 valence electrons. The van der Waals surface area contributed by atoms with Crippen molar-refractivity contribution in [2.24, 2.45) is 0 Å². The number of nitrogens with zero attached hydrogens (tertiary/aromatic N) is 3. The Morgan fingerprint density at radius 1 is 1.33 bits per heavy atom. The molecular weight excluding hydrogens is 346 g/mol. The molecule has 8 heteroatoms. The van der Waals surface area contributed by atoms with E-state index in [0.29, 0.717) is 21.4 Å². The van der Waals surface area contributed by atoms with Gasteiger partial charge in [0.2, 0.25) is 5.43 Å². The highest BCUT2D eigenvalue weighted by Gasteiger charge is 2.15. The number of hydrogen-bond acceptors (Lipinski definition) is 6. The van der Waals surface area contributed by atoms with E-state index in [2.05, 4.69) is 39.2 Å². The summed E-state index contributed by atoms with van der Waals surface area (Å²) in [5.74, 6) is 0.491. The number of fused-ring (bicyclic) bond motifs is 2. The second-order valence-electron chi connectivity index (χ2n) is 5.51. The normalized spacial score (nSPS) is 11.7. The number of halogens is 1. The number of anilines is 1. The molecule has 0 radical (unpaired) electrons. The summed E-state index contributed by atoms with van der Waals surface area (Å²) in [6.45, 7) is 8.11. The fourth-order valence-electron chi connectivity index (χ4n) is 2.76. The largest absolute Gasteiger partial charge is 0.368 e. The SMILES string of the molecule is CCN(CC)CCCNc1nnc(Cl)c2[nH]c3ccsc3c(=O)c12. The predicted octanol–water partition coefficient (Wildman–Crippen LogP) is 3.33. The van der Waals surface area contributed by atoms with E-state index in [-0.39, 0.29) is 10.6 Å². The number of pyridine rings is 1. The van der Waals surface area contributed by atoms with Gasteiger partial charge in [-0.25, -0.2) is 0 Å². The van der Waals surface area contributed by atoms with Crippen LogP contribution in [-0.2, 0) is 0 Å². The molecule has 2 N–H and O–H groups in total. The van der Waals surface area contributed by atoms with E-state index < -0.39 is 0 Å². The Bertz CT molecular complexity index is 902. The van der Waals surface area contributed by atoms with Crippen LogP contribution in [0, 0.1) is 0 Å². The Hall–Kier alpha value is -1.70. The third-order valence-corrected chi connectivity index (χ3v) is 5.30. The van der Waals surface area contributed by atoms with Crippen LogP contribution >= 0.6 is 22.9 Å². The number of aromatic nitrogens is 3. The lowest BCUT2D eigenvalue weighted by Gasteiger charge is -2.17. The van der Waals surface area contributed by atoms with Crippen LogP contribution in [0.15, 0.2) is 16.2 Å². The zero-order valence-electron chi connectivity index (χ0n) is 13.7. The van der Waals surface area contributed by atoms with Crippen molar-refractivity contribution >= 4 is 49.9 Å². The molecule has 0 atom stereocenters. The Morgan fingerprint density at radius 2 is 2.12 bits per heavy atom. The van der Waals surface area contributed by atoms with Gasteiger partial charge < -0.3 is 15.2 Å². The van der Waals surface area contributed by atoms with Crippen LogP contribution in [0.5, 0.6) is 0 Å². The van der Waals surface area contributed by atoms with Crippen molar-refractivity contribution in [3.05, 3.63) is 26.8 Å². The highest BCUT2D eigenvalue weighted by molar-refractivity contribution is 7.17. The molecule has 3 aromatic rings. The van der Waals surface area contributed by atoms with Crippen LogP contribution in [0.3, 0.4) is 0 Å². The second-order valence-corrected chi connectivity index (χ2v) is 6.79. The fourth-order valence-corrected chi connectivity index (χ4v) is 3.73. The first-order valence-electron chi connectivity index (χ1n) is 8.07. The minimum absolute atomic E-state index is 0.0585. The molecule has 3 aromatic heterocycles. The summed E-state index contributed by atoms with van der Waals surface area (Å²) in [6, 6.07) is 1.87. The highest BCUT2D eigenvalue weighted by Crippen LogP contribution is 2.26. The highest BCUT2D eigenvalue weighted by atomic mass is 35.5. The van der Waals surface area contributed by atoms with Gasteiger partial charge in [0.25, 0.3) is 0 Å². The lowest BCUT2D eigenvalue weighted by atomic mass is 10.2. The van der Waals surface area contributed by atoms with Gasteiger partial charge in [-0.05, 0) is 37.5 Å². The average Bonchev–Trinajstić information content (AvgIpc) is 3.06. The van der Waals surface area contributed by atoms with Crippen LogP contribution in [0.25, 0.3) is 21.1 Å². The number of hydrogen-bond donors (Lipinski definition) is 2. The minimum atomic E-state index is -0.0585. The van der Waals surface area contributed by atoms with Crippen molar-refractivity contribution in [1.82, 2.24) is 20.1 Å². The lowest BCUT2D eigenvalue weighted by Crippen LogP contribution is -2.25. The maximum Gasteiger partial charge on any atom is 0.211 e. The molecule has 6 nitrogen and oxygen atoms in total. The number of rotatable bonds is 7. The van der Waals surface area contributed by atoms with Gasteiger partial charge in [0, 0.05) is 6.54 Å². The Balaban J connectivity index is 1.88. The zero-order chi connectivity index (χ0) is 17.1. The predicted molar refractivity (Wildman–Crippen MR) is 101 cm³/mol. The molecule has 3 heterocycles. The van der Waals surface area contributed by atoms with Crippen molar-refractivity contribution < 1.29 is 0 Å². The van der Waals surface area contributed by atoms with Crippen molar-refractivity contribution in [2.75, 3.05) is 31.5 Å². The quantitative estimate of drug-likeness (QED) is 0.628. The molecular formula is C16H20ClN5OS. The molecule has 0 aliphatic carbocycles. The topological polar surface area (TPSA) is 73.9 Å². The first-order chi connectivity index (χ1) is 11.7. The maximum absolute atomic E-state index is 12.8. The van der Waals surface area contributed by atoms with E-state index in [4.69, 9.17) is 11.6 Å². The van der Waals surface area contributed by atoms with Gasteiger partial charge in [0.15, 0.2) is 11.0 Å². The van der Waals surface area contributed by atoms with Crippen LogP contribution in [-0.4, -0.2) is 46.3 Å². The average molecular weight is 366 g/mol. The van der Waals surface area contributed by atoms with E-state index in [1.54, 1.807) is 0 Å². The lowest BCUT2D eigenvalue weighted by molar-refractivity contribution is 0.303. The summed E-state index contributed by atoms with van der Waals surface area (Å²) in [6.07, 6.45) is 0.965. The van der Waals surface area contributed by atoms with Crippen LogP contribution in [0.2, 0.25) is 5.15 Å². The second kappa shape index (κ2) is 7.46. The number of nitrogens with one attached hydrogen (secondary N) is 2. The molecule has 0 aliphatic rings. The molecule has 0 aromatic carbocycles. The van der Waals surface area contributed by atoms with Gasteiger partial charge in [-0.15, -0.1) is 21.5 Å². The molecule has 0 amide bonds. The molecule has 0 spiro atoms. The molecule has 0 aliphatic heterocycles. The van der Waals surface area contributed by atoms with Crippen LogP contribution < -0.4 is 10.7 Å². The number of thiophene rings is 1. The standard InChI is InChI=1S/C16H20ClN5OS/c1-3-22(4-2)8-5-7-18-16-11-12(15(17)20-21-16)19-10-6-9-24-14(10)13(11)23/h6,9H,3-5,7-8H2,1-2H3,(H,18,21)(H,19,23). The first kappa shape index (κ1) is 17.1. The van der Waals surface area contributed by atoms with E-state index in [0.717, 1.165) is 38.1 Å². The zero-order valence-corrected chi connectivity index (χ0v) is 15.3. The monoisotopic (exact) mass is 365 g/mol. The molecule has 0 unspecified atom stereocenters. The minimum Gasteiger partial charge on any atom is -0.368 e. The summed E-state index contributed by atoms with van der Waals surface area (Å²) < 4.78 is 0.678. The molecule has 0 bridgehead atoms. The summed E-state index contributed by atoms with van der Waals surface area (Å²) in [5.41, 5.74) is 1.26. The molecule has 24 heavy (non-hydrogen) atoms. The van der Waals surface area contributed by atoms with Gasteiger partial charge >= 0.3 is 0 Å². The number of aromatic amines is 1. The van der Waals surface area contributed by atoms with Gasteiger partial charge in [0.05, 0.1) is 21.1 Å². The van der Waals surface area contributed by atoms with Crippen molar-refractivity contribution in [2.45, 2.75) is 20.3 Å². The van der Waals surface area contributed by atoms with Gasteiger partial charge in [-0.3, -0.25) is 4.79 Å². The van der Waals surface area contributed by atoms with E-state index in [9.17, 15) is 4.79 Å². The molecule has 0 saturated carbocycles. The van der Waals surface area contributed by atoms with E-state index in [1.165, 1.54) is 11.3 Å². The Labute approximate surface area is 148 Å². The fraction of sp³-hybridized carbons (Fsp3) is 0.438. The van der Waals surface area contributed by atoms with Gasteiger partial charge in [0.1, 0.15) is 0 Å². The Morgan fingerprint density at radius 3 is 2.88 bits per heavy atom. The summed E-state index contributed by atoms with van der Waals surface area (Å²) >= 11 is 7.55. The first-order valence-corrected chi connectivity index (χ1v) is 9.33. The van der Waals surface area contributed by atoms with Crippen molar-refractivity contribution in [1.29, 1.82) is 0 Å². The van der Waals surface area contributed by atoms with Crippen LogP contribution in [0.4, 0.5) is 5.82 Å². The van der Waals surface area contributed by atoms with Crippen LogP contribution in [0.1, 0.15) is 20.3 Å². The third kappa shape index (κ3) is 3.24. The summed E-state index contributed by atoms with van der Waals surface area (Å²) in [4.78, 5) is 18.3.